The Hall–Kier alpha value is -1.26. The number of carboxylic acids is 1. The highest BCUT2D eigenvalue weighted by molar-refractivity contribution is 6.42. The molecule has 1 fully saturated rings. The van der Waals surface area contributed by atoms with Crippen molar-refractivity contribution >= 4 is 35.1 Å². The van der Waals surface area contributed by atoms with Gasteiger partial charge in [0, 0.05) is 5.92 Å². The molecule has 0 radical (unpaired) electrons. The Balaban J connectivity index is 2.04. The number of nitrogens with one attached hydrogen (secondary N) is 1. The smallest absolute Gasteiger partial charge is 0.326 e. The van der Waals surface area contributed by atoms with Crippen molar-refractivity contribution in [2.75, 3.05) is 0 Å². The lowest BCUT2D eigenvalue weighted by Gasteiger charge is -2.18. The van der Waals surface area contributed by atoms with Crippen molar-refractivity contribution in [3.63, 3.8) is 0 Å². The number of amides is 1. The molecule has 21 heavy (non-hydrogen) atoms. The molecule has 0 aliphatic heterocycles. The van der Waals surface area contributed by atoms with E-state index in [9.17, 15) is 9.59 Å². The molecule has 3 atom stereocenters. The number of hydrogen-bond donors (Lipinski definition) is 2. The van der Waals surface area contributed by atoms with Crippen molar-refractivity contribution in [2.45, 2.75) is 32.2 Å². The first-order valence-corrected chi connectivity index (χ1v) is 7.55. The van der Waals surface area contributed by atoms with E-state index in [1.54, 1.807) is 26.0 Å². The Kier molecular flexibility index (Phi) is 4.79. The number of carbonyl (C=O) groups excluding carboxylic acids is 1. The Bertz CT molecular complexity index is 574. The van der Waals surface area contributed by atoms with Crippen LogP contribution in [0.3, 0.4) is 0 Å². The fourth-order valence-corrected chi connectivity index (χ4v) is 2.86. The van der Waals surface area contributed by atoms with E-state index in [2.05, 4.69) is 5.32 Å². The van der Waals surface area contributed by atoms with Gasteiger partial charge < -0.3 is 10.4 Å². The Morgan fingerprint density at radius 2 is 2.00 bits per heavy atom. The summed E-state index contributed by atoms with van der Waals surface area (Å²) in [7, 11) is 0. The van der Waals surface area contributed by atoms with Crippen LogP contribution in [0.4, 0.5) is 0 Å². The van der Waals surface area contributed by atoms with Gasteiger partial charge in [-0.25, -0.2) is 4.79 Å². The summed E-state index contributed by atoms with van der Waals surface area (Å²) in [5.41, 5.74) is 0.848. The van der Waals surface area contributed by atoms with Gasteiger partial charge in [0.05, 0.1) is 10.0 Å². The Morgan fingerprint density at radius 1 is 1.33 bits per heavy atom. The van der Waals surface area contributed by atoms with E-state index in [-0.39, 0.29) is 23.7 Å². The lowest BCUT2D eigenvalue weighted by Crippen LogP contribution is -2.45. The molecule has 2 unspecified atom stereocenters. The van der Waals surface area contributed by atoms with Gasteiger partial charge in [0.15, 0.2) is 0 Å². The molecular weight excluding hydrogens is 313 g/mol. The van der Waals surface area contributed by atoms with Crippen LogP contribution in [-0.2, 0) is 9.59 Å². The number of rotatable bonds is 5. The lowest BCUT2D eigenvalue weighted by molar-refractivity contribution is -0.143. The third-order valence-electron chi connectivity index (χ3n) is 3.74. The summed E-state index contributed by atoms with van der Waals surface area (Å²) in [5.74, 6) is -1.65. The van der Waals surface area contributed by atoms with E-state index in [1.165, 1.54) is 0 Å². The number of aliphatic carboxylic acids is 1. The lowest BCUT2D eigenvalue weighted by atomic mass is 10.0. The third-order valence-corrected chi connectivity index (χ3v) is 4.57. The van der Waals surface area contributed by atoms with Crippen LogP contribution in [0.2, 0.25) is 10.0 Å². The molecule has 1 aromatic carbocycles. The van der Waals surface area contributed by atoms with Crippen LogP contribution in [0.1, 0.15) is 31.7 Å². The third kappa shape index (κ3) is 3.50. The summed E-state index contributed by atoms with van der Waals surface area (Å²) in [5, 5.41) is 12.6. The highest BCUT2D eigenvalue weighted by atomic mass is 35.5. The molecule has 1 amide bonds. The van der Waals surface area contributed by atoms with Gasteiger partial charge in [-0.2, -0.15) is 0 Å². The molecule has 2 rings (SSSR count). The van der Waals surface area contributed by atoms with E-state index in [4.69, 9.17) is 28.3 Å². The molecule has 114 valence electrons. The predicted octanol–water partition coefficient (Wildman–Crippen LogP) is 3.32. The minimum atomic E-state index is -1.02. The Labute approximate surface area is 133 Å². The van der Waals surface area contributed by atoms with Crippen LogP contribution >= 0.6 is 23.2 Å². The van der Waals surface area contributed by atoms with Crippen molar-refractivity contribution in [1.29, 1.82) is 0 Å². The molecule has 1 aliphatic rings. The Morgan fingerprint density at radius 3 is 2.57 bits per heavy atom. The van der Waals surface area contributed by atoms with E-state index in [0.29, 0.717) is 16.5 Å². The molecule has 0 bridgehead atoms. The number of hydrogen-bond acceptors (Lipinski definition) is 2. The molecule has 0 spiro atoms. The van der Waals surface area contributed by atoms with Crippen LogP contribution in [0.5, 0.6) is 0 Å². The molecule has 0 heterocycles. The fourth-order valence-electron chi connectivity index (χ4n) is 2.41. The molecule has 2 N–H and O–H groups in total. The zero-order valence-electron chi connectivity index (χ0n) is 11.8. The van der Waals surface area contributed by atoms with Crippen molar-refractivity contribution in [1.82, 2.24) is 5.32 Å². The zero-order valence-corrected chi connectivity index (χ0v) is 13.3. The maximum absolute atomic E-state index is 12.2. The van der Waals surface area contributed by atoms with Gasteiger partial charge in [0.25, 0.3) is 0 Å². The van der Waals surface area contributed by atoms with E-state index in [0.717, 1.165) is 5.56 Å². The topological polar surface area (TPSA) is 66.4 Å². The predicted molar refractivity (Wildman–Crippen MR) is 81.7 cm³/mol. The van der Waals surface area contributed by atoms with Crippen molar-refractivity contribution in [3.8, 4) is 0 Å². The van der Waals surface area contributed by atoms with E-state index >= 15 is 0 Å². The summed E-state index contributed by atoms with van der Waals surface area (Å²) in [6.45, 7) is 3.52. The average Bonchev–Trinajstić information content (AvgIpc) is 3.18. The summed E-state index contributed by atoms with van der Waals surface area (Å²) in [6, 6.07) is 4.48. The second kappa shape index (κ2) is 6.24. The summed E-state index contributed by atoms with van der Waals surface area (Å²) in [6.07, 6.45) is 0.663. The first kappa shape index (κ1) is 16.1. The number of benzene rings is 1. The minimum Gasteiger partial charge on any atom is -0.480 e. The maximum atomic E-state index is 12.2. The van der Waals surface area contributed by atoms with Crippen molar-refractivity contribution in [3.05, 3.63) is 33.8 Å². The molecule has 0 aromatic heterocycles. The number of carboxylic acid groups (broad SMARTS) is 1. The van der Waals surface area contributed by atoms with Gasteiger partial charge in [-0.3, -0.25) is 4.79 Å². The van der Waals surface area contributed by atoms with E-state index in [1.807, 2.05) is 6.07 Å². The van der Waals surface area contributed by atoms with E-state index < -0.39 is 12.0 Å². The average molecular weight is 330 g/mol. The second-order valence-corrected chi connectivity index (χ2v) is 6.45. The molecule has 4 nitrogen and oxygen atoms in total. The van der Waals surface area contributed by atoms with Gasteiger partial charge in [-0.15, -0.1) is 0 Å². The molecule has 1 saturated carbocycles. The standard InChI is InChI=1S/C15H17Cl2NO3/c1-7(2)13(15(20)21)18-14(19)10-6-9(10)8-4-3-5-11(16)12(8)17/h3-5,7,9-10,13H,6H2,1-2H3,(H,18,19)(H,20,21)/t9?,10?,13-/m1/s1. The normalized spacial score (nSPS) is 22.0. The summed E-state index contributed by atoms with van der Waals surface area (Å²) >= 11 is 12.1. The summed E-state index contributed by atoms with van der Waals surface area (Å²) < 4.78 is 0. The highest BCUT2D eigenvalue weighted by Crippen LogP contribution is 2.50. The molecule has 6 heteroatoms. The van der Waals surface area contributed by atoms with Crippen LogP contribution < -0.4 is 5.32 Å². The monoisotopic (exact) mass is 329 g/mol. The first-order chi connectivity index (χ1) is 9.82. The van der Waals surface area contributed by atoms with Gasteiger partial charge >= 0.3 is 5.97 Å². The van der Waals surface area contributed by atoms with Crippen LogP contribution in [-0.4, -0.2) is 23.0 Å². The number of carbonyl (C=O) groups is 2. The van der Waals surface area contributed by atoms with Gasteiger partial charge in [0.1, 0.15) is 6.04 Å². The minimum absolute atomic E-state index is 0.0119. The number of halogens is 2. The SMILES string of the molecule is CC(C)[C@@H](NC(=O)C1CC1c1cccc(Cl)c1Cl)C(=O)O. The molecule has 0 saturated heterocycles. The summed E-state index contributed by atoms with van der Waals surface area (Å²) in [4.78, 5) is 23.3. The zero-order chi connectivity index (χ0) is 15.7. The van der Waals surface area contributed by atoms with Crippen LogP contribution in [0.25, 0.3) is 0 Å². The van der Waals surface area contributed by atoms with Crippen LogP contribution in [0, 0.1) is 11.8 Å². The largest absolute Gasteiger partial charge is 0.480 e. The van der Waals surface area contributed by atoms with Gasteiger partial charge in [0.2, 0.25) is 5.91 Å². The first-order valence-electron chi connectivity index (χ1n) is 6.80. The van der Waals surface area contributed by atoms with Gasteiger partial charge in [-0.1, -0.05) is 49.2 Å². The second-order valence-electron chi connectivity index (χ2n) is 5.66. The molecule has 1 aromatic rings. The van der Waals surface area contributed by atoms with Gasteiger partial charge in [-0.05, 0) is 29.9 Å². The van der Waals surface area contributed by atoms with Crippen LogP contribution in [0.15, 0.2) is 18.2 Å². The maximum Gasteiger partial charge on any atom is 0.326 e. The fraction of sp³-hybridized carbons (Fsp3) is 0.467. The van der Waals surface area contributed by atoms with Crippen molar-refractivity contribution in [2.24, 2.45) is 11.8 Å². The molecular formula is C15H17Cl2NO3. The highest BCUT2D eigenvalue weighted by Gasteiger charge is 2.46. The quantitative estimate of drug-likeness (QED) is 0.870. The van der Waals surface area contributed by atoms with Crippen molar-refractivity contribution < 1.29 is 14.7 Å². The molecule has 1 aliphatic carbocycles.